The predicted octanol–water partition coefficient (Wildman–Crippen LogP) is 1.82. The summed E-state index contributed by atoms with van der Waals surface area (Å²) in [5.74, 6) is -1.87. The maximum atomic E-state index is 13.8. The van der Waals surface area contributed by atoms with Gasteiger partial charge < -0.3 is 14.8 Å². The van der Waals surface area contributed by atoms with E-state index in [1.807, 2.05) is 0 Å². The number of hydrazine groups is 1. The van der Waals surface area contributed by atoms with Crippen molar-refractivity contribution < 1.29 is 28.2 Å². The zero-order valence-electron chi connectivity index (χ0n) is 16.9. The zero-order chi connectivity index (χ0) is 22.1. The van der Waals surface area contributed by atoms with Gasteiger partial charge in [-0.1, -0.05) is 26.0 Å². The Hall–Kier alpha value is -3.62. The number of halogens is 1. The van der Waals surface area contributed by atoms with E-state index in [4.69, 9.17) is 9.47 Å². The summed E-state index contributed by atoms with van der Waals surface area (Å²) in [4.78, 5) is 36.6. The topological polar surface area (TPSA) is 106 Å². The van der Waals surface area contributed by atoms with E-state index in [2.05, 4.69) is 16.2 Å². The molecule has 30 heavy (non-hydrogen) atoms. The van der Waals surface area contributed by atoms with E-state index >= 15 is 0 Å². The molecule has 0 unspecified atom stereocenters. The van der Waals surface area contributed by atoms with Crippen LogP contribution in [0.2, 0.25) is 0 Å². The minimum absolute atomic E-state index is 0.173. The average Bonchev–Trinajstić information content (AvgIpc) is 2.74. The number of amides is 3. The minimum Gasteiger partial charge on any atom is -0.497 e. The number of hydrogen-bond donors (Lipinski definition) is 3. The average molecular weight is 417 g/mol. The lowest BCUT2D eigenvalue weighted by atomic mass is 10.0. The van der Waals surface area contributed by atoms with Crippen LogP contribution in [-0.4, -0.2) is 37.5 Å². The van der Waals surface area contributed by atoms with Crippen molar-refractivity contribution in [2.24, 2.45) is 5.92 Å². The van der Waals surface area contributed by atoms with Gasteiger partial charge in [-0.15, -0.1) is 0 Å². The molecule has 0 fully saturated rings. The highest BCUT2D eigenvalue weighted by molar-refractivity contribution is 5.98. The van der Waals surface area contributed by atoms with Crippen LogP contribution in [0.3, 0.4) is 0 Å². The Labute approximate surface area is 173 Å². The molecule has 0 saturated carbocycles. The van der Waals surface area contributed by atoms with Gasteiger partial charge in [0, 0.05) is 0 Å². The first-order valence-corrected chi connectivity index (χ1v) is 9.22. The Morgan fingerprint density at radius 2 is 1.60 bits per heavy atom. The molecule has 0 bridgehead atoms. The van der Waals surface area contributed by atoms with Crippen LogP contribution in [0.5, 0.6) is 11.5 Å². The van der Waals surface area contributed by atoms with Crippen molar-refractivity contribution in [1.29, 1.82) is 0 Å². The van der Waals surface area contributed by atoms with Crippen LogP contribution < -0.4 is 25.6 Å². The third kappa shape index (κ3) is 6.47. The standard InChI is InChI=1S/C21H24FN3O5/c1-13(2)19(23-20(27)16-6-4-5-7-17(16)22)21(28)25-24-18(26)12-30-15-10-8-14(29-3)9-11-15/h4-11,13,19H,12H2,1-3H3,(H,23,27)(H,24,26)(H,25,28)/t19-/m1/s1. The highest BCUT2D eigenvalue weighted by Crippen LogP contribution is 2.16. The van der Waals surface area contributed by atoms with E-state index in [9.17, 15) is 18.8 Å². The molecular weight excluding hydrogens is 393 g/mol. The van der Waals surface area contributed by atoms with E-state index in [-0.39, 0.29) is 18.1 Å². The Kier molecular flexibility index (Phi) is 8.16. The number of hydrogen-bond acceptors (Lipinski definition) is 5. The van der Waals surface area contributed by atoms with E-state index in [0.717, 1.165) is 6.07 Å². The summed E-state index contributed by atoms with van der Waals surface area (Å²) >= 11 is 0. The summed E-state index contributed by atoms with van der Waals surface area (Å²) in [6, 6.07) is 11.1. The fraction of sp³-hybridized carbons (Fsp3) is 0.286. The Morgan fingerprint density at radius 3 is 2.20 bits per heavy atom. The van der Waals surface area contributed by atoms with Crippen LogP contribution in [0.1, 0.15) is 24.2 Å². The van der Waals surface area contributed by atoms with Crippen molar-refractivity contribution in [3.8, 4) is 11.5 Å². The van der Waals surface area contributed by atoms with Crippen molar-refractivity contribution in [3.63, 3.8) is 0 Å². The lowest BCUT2D eigenvalue weighted by Crippen LogP contribution is -2.55. The third-order valence-corrected chi connectivity index (χ3v) is 4.11. The number of ether oxygens (including phenoxy) is 2. The summed E-state index contributed by atoms with van der Waals surface area (Å²) < 4.78 is 24.1. The number of benzene rings is 2. The maximum Gasteiger partial charge on any atom is 0.276 e. The summed E-state index contributed by atoms with van der Waals surface area (Å²) in [6.45, 7) is 3.08. The summed E-state index contributed by atoms with van der Waals surface area (Å²) in [5, 5.41) is 2.48. The van der Waals surface area contributed by atoms with Crippen LogP contribution in [0, 0.1) is 11.7 Å². The SMILES string of the molecule is COc1ccc(OCC(=O)NNC(=O)[C@H](NC(=O)c2ccccc2F)C(C)C)cc1. The van der Waals surface area contributed by atoms with Crippen molar-refractivity contribution in [1.82, 2.24) is 16.2 Å². The number of carbonyl (C=O) groups excluding carboxylic acids is 3. The maximum absolute atomic E-state index is 13.8. The number of carbonyl (C=O) groups is 3. The molecule has 3 amide bonds. The van der Waals surface area contributed by atoms with Gasteiger partial charge >= 0.3 is 0 Å². The van der Waals surface area contributed by atoms with E-state index in [0.29, 0.717) is 11.5 Å². The molecule has 0 aliphatic carbocycles. The Morgan fingerprint density at radius 1 is 0.967 bits per heavy atom. The second-order valence-electron chi connectivity index (χ2n) is 6.68. The minimum atomic E-state index is -0.986. The highest BCUT2D eigenvalue weighted by Gasteiger charge is 2.26. The quantitative estimate of drug-likeness (QED) is 0.568. The van der Waals surface area contributed by atoms with Crippen molar-refractivity contribution in [2.45, 2.75) is 19.9 Å². The molecule has 160 valence electrons. The lowest BCUT2D eigenvalue weighted by molar-refractivity contribution is -0.131. The fourth-order valence-electron chi connectivity index (χ4n) is 2.47. The van der Waals surface area contributed by atoms with Gasteiger partial charge in [-0.3, -0.25) is 25.2 Å². The fourth-order valence-corrected chi connectivity index (χ4v) is 2.47. The molecule has 3 N–H and O–H groups in total. The molecule has 0 radical (unpaired) electrons. The van der Waals surface area contributed by atoms with Crippen molar-refractivity contribution in [3.05, 3.63) is 59.9 Å². The Bertz CT molecular complexity index is 886. The Balaban J connectivity index is 1.86. The second-order valence-corrected chi connectivity index (χ2v) is 6.68. The first kappa shape index (κ1) is 22.7. The van der Waals surface area contributed by atoms with E-state index < -0.39 is 29.6 Å². The van der Waals surface area contributed by atoms with Gasteiger partial charge in [0.15, 0.2) is 6.61 Å². The summed E-state index contributed by atoms with van der Waals surface area (Å²) in [6.07, 6.45) is 0. The molecular formula is C21H24FN3O5. The van der Waals surface area contributed by atoms with Crippen molar-refractivity contribution in [2.75, 3.05) is 13.7 Å². The lowest BCUT2D eigenvalue weighted by Gasteiger charge is -2.22. The third-order valence-electron chi connectivity index (χ3n) is 4.11. The van der Waals surface area contributed by atoms with Crippen LogP contribution >= 0.6 is 0 Å². The molecule has 0 aliphatic heterocycles. The molecule has 9 heteroatoms. The number of nitrogens with one attached hydrogen (secondary N) is 3. The molecule has 8 nitrogen and oxygen atoms in total. The second kappa shape index (κ2) is 10.8. The van der Waals surface area contributed by atoms with Gasteiger partial charge in [-0.25, -0.2) is 4.39 Å². The number of methoxy groups -OCH3 is 1. The first-order valence-electron chi connectivity index (χ1n) is 9.22. The van der Waals surface area contributed by atoms with Gasteiger partial charge in [0.05, 0.1) is 12.7 Å². The monoisotopic (exact) mass is 417 g/mol. The summed E-state index contributed by atoms with van der Waals surface area (Å²) in [7, 11) is 1.54. The zero-order valence-corrected chi connectivity index (χ0v) is 16.9. The molecule has 0 heterocycles. The molecule has 0 aliphatic rings. The molecule has 0 spiro atoms. The molecule has 0 saturated heterocycles. The van der Waals surface area contributed by atoms with Gasteiger partial charge in [0.25, 0.3) is 17.7 Å². The smallest absolute Gasteiger partial charge is 0.276 e. The van der Waals surface area contributed by atoms with Crippen LogP contribution in [0.4, 0.5) is 4.39 Å². The summed E-state index contributed by atoms with van der Waals surface area (Å²) in [5.41, 5.74) is 4.29. The largest absolute Gasteiger partial charge is 0.497 e. The van der Waals surface area contributed by atoms with Gasteiger partial charge in [-0.05, 0) is 42.3 Å². The van der Waals surface area contributed by atoms with Gasteiger partial charge in [0.1, 0.15) is 23.4 Å². The van der Waals surface area contributed by atoms with Crippen LogP contribution in [-0.2, 0) is 9.59 Å². The van der Waals surface area contributed by atoms with Gasteiger partial charge in [-0.2, -0.15) is 0 Å². The molecule has 2 aromatic carbocycles. The highest BCUT2D eigenvalue weighted by atomic mass is 19.1. The van der Waals surface area contributed by atoms with Crippen LogP contribution in [0.25, 0.3) is 0 Å². The van der Waals surface area contributed by atoms with Crippen molar-refractivity contribution >= 4 is 17.7 Å². The number of rotatable bonds is 8. The van der Waals surface area contributed by atoms with Gasteiger partial charge in [0.2, 0.25) is 0 Å². The molecule has 2 rings (SSSR count). The normalized spacial score (nSPS) is 11.4. The van der Waals surface area contributed by atoms with Crippen LogP contribution in [0.15, 0.2) is 48.5 Å². The molecule has 2 aromatic rings. The predicted molar refractivity (Wildman–Crippen MR) is 107 cm³/mol. The molecule has 0 aromatic heterocycles. The first-order chi connectivity index (χ1) is 14.3. The van der Waals surface area contributed by atoms with E-state index in [1.165, 1.54) is 25.3 Å². The molecule has 1 atom stereocenters. The van der Waals surface area contributed by atoms with E-state index in [1.54, 1.807) is 38.1 Å².